The molecule has 0 spiro atoms. The molecular weight excluding hydrogens is 285 g/mol. The third-order valence-corrected chi connectivity index (χ3v) is 2.31. The minimum atomic E-state index is 0. The highest BCUT2D eigenvalue weighted by molar-refractivity contribution is 6.30. The lowest BCUT2D eigenvalue weighted by Gasteiger charge is -2.09. The van der Waals surface area contributed by atoms with E-state index < -0.39 is 0 Å². The van der Waals surface area contributed by atoms with E-state index in [0.29, 0.717) is 5.02 Å². The molecule has 0 saturated carbocycles. The summed E-state index contributed by atoms with van der Waals surface area (Å²) in [6, 6.07) is 5.52. The third kappa shape index (κ3) is 6.31. The largest absolute Gasteiger partial charge is 0.369 e. The van der Waals surface area contributed by atoms with Crippen molar-refractivity contribution >= 4 is 41.6 Å². The standard InChI is InChI=1S/C12H18ClN5.ClH/c1-7(2)16-11(14)18-12(15)17-10-5-4-9(13)6-8(10)3;/h4-7H,1-3H3,(H5,14,15,16,17,18);1H. The average molecular weight is 304 g/mol. The Bertz CT molecular complexity index is 483. The van der Waals surface area contributed by atoms with Gasteiger partial charge in [0.05, 0.1) is 0 Å². The van der Waals surface area contributed by atoms with E-state index in [0.717, 1.165) is 11.3 Å². The predicted octanol–water partition coefficient (Wildman–Crippen LogP) is 2.52. The number of aliphatic imine (C=N–C) groups is 2. The Morgan fingerprint density at radius 1 is 1.32 bits per heavy atom. The number of guanidine groups is 2. The van der Waals surface area contributed by atoms with Crippen LogP contribution in [0.3, 0.4) is 0 Å². The maximum Gasteiger partial charge on any atom is 0.218 e. The highest BCUT2D eigenvalue weighted by Crippen LogP contribution is 2.19. The van der Waals surface area contributed by atoms with Crippen molar-refractivity contribution in [2.75, 3.05) is 5.32 Å². The Hall–Kier alpha value is -1.46. The summed E-state index contributed by atoms with van der Waals surface area (Å²) in [4.78, 5) is 8.02. The first-order chi connectivity index (χ1) is 8.38. The van der Waals surface area contributed by atoms with Crippen LogP contribution in [-0.2, 0) is 0 Å². The molecule has 0 bridgehead atoms. The number of halogens is 2. The molecule has 0 atom stereocenters. The Balaban J connectivity index is 0.00000324. The van der Waals surface area contributed by atoms with Crippen LogP contribution >= 0.6 is 24.0 Å². The molecule has 0 amide bonds. The molecule has 5 nitrogen and oxygen atoms in total. The van der Waals surface area contributed by atoms with Gasteiger partial charge in [0.15, 0.2) is 0 Å². The van der Waals surface area contributed by atoms with Crippen LogP contribution in [0.5, 0.6) is 0 Å². The Kier molecular flexibility index (Phi) is 7.26. The molecule has 1 aromatic rings. The van der Waals surface area contributed by atoms with Gasteiger partial charge < -0.3 is 16.8 Å². The van der Waals surface area contributed by atoms with Crippen molar-refractivity contribution in [3.8, 4) is 0 Å². The number of hydrogen-bond acceptors (Lipinski definition) is 1. The molecule has 0 unspecified atom stereocenters. The number of nitrogens with two attached hydrogens (primary N) is 2. The van der Waals surface area contributed by atoms with Gasteiger partial charge >= 0.3 is 0 Å². The van der Waals surface area contributed by atoms with Crippen molar-refractivity contribution < 1.29 is 0 Å². The van der Waals surface area contributed by atoms with Gasteiger partial charge in [0.25, 0.3) is 0 Å². The van der Waals surface area contributed by atoms with Crippen molar-refractivity contribution in [1.29, 1.82) is 0 Å². The minimum absolute atomic E-state index is 0. The molecule has 5 N–H and O–H groups in total. The second-order valence-corrected chi connectivity index (χ2v) is 4.60. The zero-order chi connectivity index (χ0) is 13.7. The summed E-state index contributed by atoms with van der Waals surface area (Å²) in [6.45, 7) is 5.75. The van der Waals surface area contributed by atoms with Crippen LogP contribution in [0.2, 0.25) is 5.02 Å². The lowest BCUT2D eigenvalue weighted by atomic mass is 10.2. The lowest BCUT2D eigenvalue weighted by molar-refractivity contribution is 0.831. The fraction of sp³-hybridized carbons (Fsp3) is 0.333. The van der Waals surface area contributed by atoms with Crippen LogP contribution in [0, 0.1) is 6.92 Å². The van der Waals surface area contributed by atoms with Crippen LogP contribution in [0.15, 0.2) is 28.2 Å². The van der Waals surface area contributed by atoms with Crippen molar-refractivity contribution in [2.45, 2.75) is 26.8 Å². The molecule has 0 aliphatic heterocycles. The van der Waals surface area contributed by atoms with Crippen LogP contribution in [-0.4, -0.2) is 18.0 Å². The third-order valence-electron chi connectivity index (χ3n) is 2.08. The van der Waals surface area contributed by atoms with Crippen molar-refractivity contribution in [3.63, 3.8) is 0 Å². The lowest BCUT2D eigenvalue weighted by Crippen LogP contribution is -2.26. The van der Waals surface area contributed by atoms with E-state index in [4.69, 9.17) is 23.1 Å². The molecule has 19 heavy (non-hydrogen) atoms. The SMILES string of the molecule is Cc1cc(Cl)ccc1N/C(N)=N/C(N)=NC(C)C.Cl. The molecule has 1 aromatic carbocycles. The monoisotopic (exact) mass is 303 g/mol. The summed E-state index contributed by atoms with van der Waals surface area (Å²) >= 11 is 5.87. The number of nitrogens with one attached hydrogen (secondary N) is 1. The van der Waals surface area contributed by atoms with Crippen molar-refractivity contribution in [1.82, 2.24) is 0 Å². The van der Waals surface area contributed by atoms with E-state index in [-0.39, 0.29) is 30.4 Å². The Morgan fingerprint density at radius 2 is 1.95 bits per heavy atom. The Morgan fingerprint density at radius 3 is 2.47 bits per heavy atom. The summed E-state index contributed by atoms with van der Waals surface area (Å²) in [5.74, 6) is 0.351. The van der Waals surface area contributed by atoms with E-state index in [9.17, 15) is 0 Å². The van der Waals surface area contributed by atoms with Gasteiger partial charge in [-0.25, -0.2) is 4.99 Å². The molecule has 0 fully saturated rings. The number of hydrogen-bond donors (Lipinski definition) is 3. The van der Waals surface area contributed by atoms with Gasteiger partial charge in [-0.2, -0.15) is 4.99 Å². The maximum atomic E-state index is 5.87. The van der Waals surface area contributed by atoms with Gasteiger partial charge in [-0.05, 0) is 44.5 Å². The molecule has 0 radical (unpaired) electrons. The number of aryl methyl sites for hydroxylation is 1. The zero-order valence-corrected chi connectivity index (χ0v) is 12.7. The van der Waals surface area contributed by atoms with Crippen molar-refractivity contribution in [2.24, 2.45) is 21.5 Å². The summed E-state index contributed by atoms with van der Waals surface area (Å²) in [6.07, 6.45) is 0. The topological polar surface area (TPSA) is 88.8 Å². The smallest absolute Gasteiger partial charge is 0.218 e. The van der Waals surface area contributed by atoms with Crippen LogP contribution in [0.25, 0.3) is 0 Å². The van der Waals surface area contributed by atoms with Crippen LogP contribution in [0.1, 0.15) is 19.4 Å². The average Bonchev–Trinajstić information content (AvgIpc) is 2.20. The fourth-order valence-electron chi connectivity index (χ4n) is 1.35. The normalized spacial score (nSPS) is 12.3. The van der Waals surface area contributed by atoms with Crippen LogP contribution < -0.4 is 16.8 Å². The second-order valence-electron chi connectivity index (χ2n) is 4.16. The van der Waals surface area contributed by atoms with Gasteiger partial charge in [0.2, 0.25) is 11.9 Å². The molecular formula is C12H19Cl2N5. The minimum Gasteiger partial charge on any atom is -0.369 e. The molecule has 0 aliphatic carbocycles. The number of anilines is 1. The molecule has 0 aliphatic rings. The molecule has 0 aromatic heterocycles. The number of nitrogens with zero attached hydrogens (tertiary/aromatic N) is 2. The van der Waals surface area contributed by atoms with Crippen molar-refractivity contribution in [3.05, 3.63) is 28.8 Å². The zero-order valence-electron chi connectivity index (χ0n) is 11.1. The molecule has 106 valence electrons. The predicted molar refractivity (Wildman–Crippen MR) is 85.4 cm³/mol. The highest BCUT2D eigenvalue weighted by Gasteiger charge is 2.01. The van der Waals surface area contributed by atoms with Gasteiger partial charge in [-0.15, -0.1) is 12.4 Å². The van der Waals surface area contributed by atoms with E-state index in [1.54, 1.807) is 6.07 Å². The van der Waals surface area contributed by atoms with Crippen LogP contribution in [0.4, 0.5) is 5.69 Å². The van der Waals surface area contributed by atoms with E-state index >= 15 is 0 Å². The second kappa shape index (κ2) is 7.86. The first kappa shape index (κ1) is 17.5. The molecule has 7 heteroatoms. The summed E-state index contributed by atoms with van der Waals surface area (Å²) in [5, 5.41) is 3.63. The molecule has 0 heterocycles. The van der Waals surface area contributed by atoms with E-state index in [1.807, 2.05) is 32.9 Å². The van der Waals surface area contributed by atoms with Gasteiger partial charge in [-0.1, -0.05) is 11.6 Å². The van der Waals surface area contributed by atoms with Gasteiger partial charge in [0.1, 0.15) is 0 Å². The summed E-state index contributed by atoms with van der Waals surface area (Å²) in [5.41, 5.74) is 13.2. The maximum absolute atomic E-state index is 5.87. The summed E-state index contributed by atoms with van der Waals surface area (Å²) < 4.78 is 0. The first-order valence-electron chi connectivity index (χ1n) is 5.59. The molecule has 1 rings (SSSR count). The summed E-state index contributed by atoms with van der Waals surface area (Å²) in [7, 11) is 0. The first-order valence-corrected chi connectivity index (χ1v) is 5.97. The Labute approximate surface area is 124 Å². The van der Waals surface area contributed by atoms with Gasteiger partial charge in [-0.3, -0.25) is 0 Å². The van der Waals surface area contributed by atoms with E-state index in [1.165, 1.54) is 0 Å². The number of benzene rings is 1. The quantitative estimate of drug-likeness (QED) is 0.579. The van der Waals surface area contributed by atoms with E-state index in [2.05, 4.69) is 15.3 Å². The fourth-order valence-corrected chi connectivity index (χ4v) is 1.58. The highest BCUT2D eigenvalue weighted by atomic mass is 35.5. The molecule has 0 saturated heterocycles. The number of rotatable bonds is 2. The van der Waals surface area contributed by atoms with Gasteiger partial charge in [0, 0.05) is 16.8 Å².